The van der Waals surface area contributed by atoms with E-state index in [1.165, 1.54) is 0 Å². The number of rotatable bonds is 2. The van der Waals surface area contributed by atoms with Gasteiger partial charge in [0.15, 0.2) is 0 Å². The quantitative estimate of drug-likeness (QED) is 0.679. The zero-order chi connectivity index (χ0) is 11.5. The summed E-state index contributed by atoms with van der Waals surface area (Å²) in [5.74, 6) is 0.0173. The third-order valence-electron chi connectivity index (χ3n) is 2.28. The third kappa shape index (κ3) is 4.01. The summed E-state index contributed by atoms with van der Waals surface area (Å²) in [6, 6.07) is -0.0806. The van der Waals surface area contributed by atoms with E-state index in [1.807, 2.05) is 20.8 Å². The van der Waals surface area contributed by atoms with Crippen LogP contribution in [0.2, 0.25) is 0 Å². The van der Waals surface area contributed by atoms with Gasteiger partial charge in [-0.15, -0.1) is 0 Å². The molecule has 1 amide bonds. The largest absolute Gasteiger partial charge is 0.372 e. The number of nitrogens with zero attached hydrogens (tertiary/aromatic N) is 1. The van der Waals surface area contributed by atoms with Gasteiger partial charge in [-0.2, -0.15) is 0 Å². The number of carbonyl (C=O) groups excluding carboxylic acids is 1. The number of ether oxygens (including phenoxy) is 1. The van der Waals surface area contributed by atoms with E-state index in [4.69, 9.17) is 10.5 Å². The molecule has 1 saturated heterocycles. The highest BCUT2D eigenvalue weighted by molar-refractivity contribution is 5.87. The Morgan fingerprint density at radius 3 is 2.80 bits per heavy atom. The molecule has 1 unspecified atom stereocenters. The molecule has 15 heavy (non-hydrogen) atoms. The molecule has 1 atom stereocenters. The SMILES string of the molecule is CC(N)/C=C/C(=O)N1CCOC(C)(C)C1. The molecule has 0 aromatic heterocycles. The maximum Gasteiger partial charge on any atom is 0.246 e. The van der Waals surface area contributed by atoms with Crippen molar-refractivity contribution in [3.8, 4) is 0 Å². The van der Waals surface area contributed by atoms with E-state index in [2.05, 4.69) is 0 Å². The van der Waals surface area contributed by atoms with Crippen LogP contribution < -0.4 is 5.73 Å². The van der Waals surface area contributed by atoms with Crippen LogP contribution in [-0.4, -0.2) is 42.1 Å². The average Bonchev–Trinajstić information content (AvgIpc) is 2.12. The van der Waals surface area contributed by atoms with Crippen molar-refractivity contribution >= 4 is 5.91 Å². The van der Waals surface area contributed by atoms with Gasteiger partial charge in [-0.05, 0) is 20.8 Å². The van der Waals surface area contributed by atoms with Crippen LogP contribution in [0.3, 0.4) is 0 Å². The van der Waals surface area contributed by atoms with Crippen LogP contribution in [0.15, 0.2) is 12.2 Å². The minimum atomic E-state index is -0.240. The van der Waals surface area contributed by atoms with Gasteiger partial charge in [0.25, 0.3) is 0 Å². The highest BCUT2D eigenvalue weighted by Crippen LogP contribution is 2.16. The van der Waals surface area contributed by atoms with E-state index >= 15 is 0 Å². The van der Waals surface area contributed by atoms with Gasteiger partial charge in [-0.25, -0.2) is 0 Å². The van der Waals surface area contributed by atoms with Gasteiger partial charge in [0.1, 0.15) is 0 Å². The number of hydrogen-bond donors (Lipinski definition) is 1. The van der Waals surface area contributed by atoms with Crippen molar-refractivity contribution < 1.29 is 9.53 Å². The second kappa shape index (κ2) is 4.77. The van der Waals surface area contributed by atoms with Crippen LogP contribution in [0.5, 0.6) is 0 Å². The third-order valence-corrected chi connectivity index (χ3v) is 2.28. The molecule has 0 bridgehead atoms. The van der Waals surface area contributed by atoms with Crippen molar-refractivity contribution in [1.29, 1.82) is 0 Å². The molecule has 0 aromatic carbocycles. The molecule has 0 radical (unpaired) electrons. The molecular weight excluding hydrogens is 192 g/mol. The summed E-state index contributed by atoms with van der Waals surface area (Å²) < 4.78 is 5.53. The lowest BCUT2D eigenvalue weighted by molar-refractivity contribution is -0.140. The maximum atomic E-state index is 11.7. The molecule has 0 spiro atoms. The van der Waals surface area contributed by atoms with Gasteiger partial charge in [0, 0.05) is 25.2 Å². The topological polar surface area (TPSA) is 55.6 Å². The Morgan fingerprint density at radius 1 is 1.60 bits per heavy atom. The Kier molecular flexibility index (Phi) is 3.88. The molecule has 0 aliphatic carbocycles. The highest BCUT2D eigenvalue weighted by Gasteiger charge is 2.28. The van der Waals surface area contributed by atoms with Crippen molar-refractivity contribution in [2.45, 2.75) is 32.4 Å². The van der Waals surface area contributed by atoms with Crippen molar-refractivity contribution in [2.24, 2.45) is 5.73 Å². The predicted octanol–water partition coefficient (Wildman–Crippen LogP) is 0.527. The number of morpholine rings is 1. The lowest BCUT2D eigenvalue weighted by Gasteiger charge is -2.37. The zero-order valence-corrected chi connectivity index (χ0v) is 9.69. The summed E-state index contributed by atoms with van der Waals surface area (Å²) in [6.45, 7) is 7.71. The monoisotopic (exact) mass is 212 g/mol. The second-order valence-electron chi connectivity index (χ2n) is 4.59. The molecule has 0 saturated carbocycles. The Morgan fingerprint density at radius 2 is 2.27 bits per heavy atom. The summed E-state index contributed by atoms with van der Waals surface area (Å²) in [6.07, 6.45) is 3.26. The van der Waals surface area contributed by atoms with Gasteiger partial charge in [0.05, 0.1) is 12.2 Å². The fraction of sp³-hybridized carbons (Fsp3) is 0.727. The minimum absolute atomic E-state index is 0.0173. The molecule has 1 aliphatic heterocycles. The fourth-order valence-corrected chi connectivity index (χ4v) is 1.54. The lowest BCUT2D eigenvalue weighted by Crippen LogP contribution is -2.50. The molecule has 2 N–H and O–H groups in total. The molecule has 86 valence electrons. The smallest absolute Gasteiger partial charge is 0.246 e. The van der Waals surface area contributed by atoms with Crippen LogP contribution in [-0.2, 0) is 9.53 Å². The first kappa shape index (κ1) is 12.2. The molecule has 4 nitrogen and oxygen atoms in total. The maximum absolute atomic E-state index is 11.7. The summed E-state index contributed by atoms with van der Waals surface area (Å²) >= 11 is 0. The first-order valence-electron chi connectivity index (χ1n) is 5.27. The van der Waals surface area contributed by atoms with Crippen LogP contribution in [0.25, 0.3) is 0 Å². The predicted molar refractivity (Wildman–Crippen MR) is 59.4 cm³/mol. The van der Waals surface area contributed by atoms with E-state index in [-0.39, 0.29) is 17.6 Å². The van der Waals surface area contributed by atoms with E-state index in [0.29, 0.717) is 19.7 Å². The molecule has 1 rings (SSSR count). The summed E-state index contributed by atoms with van der Waals surface area (Å²) in [7, 11) is 0. The minimum Gasteiger partial charge on any atom is -0.372 e. The van der Waals surface area contributed by atoms with Gasteiger partial charge in [-0.1, -0.05) is 6.08 Å². The van der Waals surface area contributed by atoms with Gasteiger partial charge < -0.3 is 15.4 Å². The van der Waals surface area contributed by atoms with Crippen LogP contribution in [0.4, 0.5) is 0 Å². The average molecular weight is 212 g/mol. The number of nitrogens with two attached hydrogens (primary N) is 1. The molecule has 4 heteroatoms. The highest BCUT2D eigenvalue weighted by atomic mass is 16.5. The summed E-state index contributed by atoms with van der Waals surface area (Å²) in [5.41, 5.74) is 5.30. The van der Waals surface area contributed by atoms with Crippen LogP contribution in [0, 0.1) is 0 Å². The van der Waals surface area contributed by atoms with Crippen LogP contribution in [0.1, 0.15) is 20.8 Å². The number of amides is 1. The molecule has 1 heterocycles. The van der Waals surface area contributed by atoms with E-state index in [1.54, 1.807) is 17.1 Å². The standard InChI is InChI=1S/C11H20N2O2/c1-9(12)4-5-10(14)13-6-7-15-11(2,3)8-13/h4-5,9H,6-8,12H2,1-3H3/b5-4+. The first-order valence-corrected chi connectivity index (χ1v) is 5.27. The van der Waals surface area contributed by atoms with Crippen molar-refractivity contribution in [3.63, 3.8) is 0 Å². The van der Waals surface area contributed by atoms with Crippen LogP contribution >= 0.6 is 0 Å². The van der Waals surface area contributed by atoms with Gasteiger partial charge in [0.2, 0.25) is 5.91 Å². The molecular formula is C11H20N2O2. The lowest BCUT2D eigenvalue weighted by atomic mass is 10.1. The Labute approximate surface area is 91.1 Å². The first-order chi connectivity index (χ1) is 6.91. The van der Waals surface area contributed by atoms with Gasteiger partial charge >= 0.3 is 0 Å². The Bertz CT molecular complexity index is 259. The Balaban J connectivity index is 2.53. The number of carbonyl (C=O) groups is 1. The summed E-state index contributed by atoms with van der Waals surface area (Å²) in [5, 5.41) is 0. The summed E-state index contributed by atoms with van der Waals surface area (Å²) in [4.78, 5) is 13.5. The van der Waals surface area contributed by atoms with E-state index < -0.39 is 0 Å². The number of hydrogen-bond acceptors (Lipinski definition) is 3. The molecule has 1 fully saturated rings. The van der Waals surface area contributed by atoms with E-state index in [9.17, 15) is 4.79 Å². The van der Waals surface area contributed by atoms with Crippen molar-refractivity contribution in [1.82, 2.24) is 4.90 Å². The van der Waals surface area contributed by atoms with Gasteiger partial charge in [-0.3, -0.25) is 4.79 Å². The van der Waals surface area contributed by atoms with Crippen molar-refractivity contribution in [2.75, 3.05) is 19.7 Å². The molecule has 1 aliphatic rings. The Hall–Kier alpha value is -0.870. The second-order valence-corrected chi connectivity index (χ2v) is 4.59. The van der Waals surface area contributed by atoms with E-state index in [0.717, 1.165) is 0 Å². The normalized spacial score (nSPS) is 23.1. The van der Waals surface area contributed by atoms with Crippen molar-refractivity contribution in [3.05, 3.63) is 12.2 Å². The zero-order valence-electron chi connectivity index (χ0n) is 9.69. The molecule has 0 aromatic rings. The fourth-order valence-electron chi connectivity index (χ4n) is 1.54.